The van der Waals surface area contributed by atoms with E-state index in [0.717, 1.165) is 11.4 Å². The Morgan fingerprint density at radius 2 is 1.77 bits per heavy atom. The number of rotatable bonds is 6. The molecule has 0 fully saturated rings. The fraction of sp³-hybridized carbons (Fsp3) is 0.421. The maximum atomic E-state index is 12.3. The lowest BCUT2D eigenvalue weighted by Gasteiger charge is -2.19. The zero-order chi connectivity index (χ0) is 19.2. The van der Waals surface area contributed by atoms with Gasteiger partial charge in [-0.1, -0.05) is 18.2 Å². The number of para-hydroxylation sites is 1. The van der Waals surface area contributed by atoms with Crippen molar-refractivity contribution in [2.24, 2.45) is 0 Å². The summed E-state index contributed by atoms with van der Waals surface area (Å²) in [6, 6.07) is 9.65. The number of benzene rings is 1. The molecule has 26 heavy (non-hydrogen) atoms. The first-order valence-electron chi connectivity index (χ1n) is 8.63. The van der Waals surface area contributed by atoms with Crippen molar-refractivity contribution < 1.29 is 14.3 Å². The summed E-state index contributed by atoms with van der Waals surface area (Å²) in [5.41, 5.74) is 1.70. The summed E-state index contributed by atoms with van der Waals surface area (Å²) in [4.78, 5) is 23.8. The molecule has 2 N–H and O–H groups in total. The minimum atomic E-state index is -0.519. The monoisotopic (exact) mass is 358 g/mol. The molecule has 0 aliphatic carbocycles. The molecule has 7 heteroatoms. The Balaban J connectivity index is 1.79. The molecule has 0 spiro atoms. The predicted molar refractivity (Wildman–Crippen MR) is 99.5 cm³/mol. The van der Waals surface area contributed by atoms with Crippen LogP contribution in [0.5, 0.6) is 0 Å². The van der Waals surface area contributed by atoms with Crippen LogP contribution in [0.25, 0.3) is 5.69 Å². The molecule has 7 nitrogen and oxygen atoms in total. The van der Waals surface area contributed by atoms with Crippen molar-refractivity contribution in [1.82, 2.24) is 20.4 Å². The molecule has 0 atom stereocenters. The van der Waals surface area contributed by atoms with Gasteiger partial charge in [-0.15, -0.1) is 0 Å². The molecular weight excluding hydrogens is 332 g/mol. The number of carbonyl (C=O) groups is 2. The zero-order valence-corrected chi connectivity index (χ0v) is 15.7. The van der Waals surface area contributed by atoms with Crippen LogP contribution in [-0.4, -0.2) is 40.5 Å². The number of alkyl carbamates (subject to hydrolysis) is 1. The van der Waals surface area contributed by atoms with Crippen LogP contribution in [0.4, 0.5) is 4.79 Å². The van der Waals surface area contributed by atoms with E-state index in [0.29, 0.717) is 25.1 Å². The highest BCUT2D eigenvalue weighted by atomic mass is 16.6. The van der Waals surface area contributed by atoms with Crippen LogP contribution >= 0.6 is 0 Å². The van der Waals surface area contributed by atoms with Crippen LogP contribution < -0.4 is 10.6 Å². The fourth-order valence-corrected chi connectivity index (χ4v) is 2.35. The highest BCUT2D eigenvalue weighted by Crippen LogP contribution is 2.13. The van der Waals surface area contributed by atoms with Crippen molar-refractivity contribution in [1.29, 1.82) is 0 Å². The van der Waals surface area contributed by atoms with Gasteiger partial charge in [-0.3, -0.25) is 4.79 Å². The van der Waals surface area contributed by atoms with Gasteiger partial charge in [0, 0.05) is 13.1 Å². The van der Waals surface area contributed by atoms with Gasteiger partial charge in [-0.05, 0) is 46.2 Å². The number of nitrogens with one attached hydrogen (secondary N) is 2. The van der Waals surface area contributed by atoms with Crippen LogP contribution in [0.1, 0.15) is 43.2 Å². The minimum Gasteiger partial charge on any atom is -0.444 e. The van der Waals surface area contributed by atoms with Gasteiger partial charge >= 0.3 is 6.09 Å². The molecule has 2 aromatic rings. The molecule has 0 radical (unpaired) electrons. The van der Waals surface area contributed by atoms with Crippen molar-refractivity contribution in [3.05, 3.63) is 47.8 Å². The van der Waals surface area contributed by atoms with Crippen LogP contribution in [0.2, 0.25) is 0 Å². The van der Waals surface area contributed by atoms with E-state index in [4.69, 9.17) is 4.74 Å². The van der Waals surface area contributed by atoms with Gasteiger partial charge in [-0.2, -0.15) is 5.10 Å². The molecule has 0 aliphatic heterocycles. The first-order valence-corrected chi connectivity index (χ1v) is 8.63. The van der Waals surface area contributed by atoms with Gasteiger partial charge in [-0.25, -0.2) is 9.48 Å². The first-order chi connectivity index (χ1) is 12.3. The lowest BCUT2D eigenvalue weighted by Crippen LogP contribution is -2.34. The molecule has 1 aromatic heterocycles. The molecule has 2 rings (SSSR count). The molecule has 0 aliphatic rings. The topological polar surface area (TPSA) is 85.2 Å². The third-order valence-corrected chi connectivity index (χ3v) is 3.56. The van der Waals surface area contributed by atoms with Crippen LogP contribution in [0, 0.1) is 6.92 Å². The highest BCUT2D eigenvalue weighted by Gasteiger charge is 2.16. The van der Waals surface area contributed by atoms with Gasteiger partial charge in [0.1, 0.15) is 5.60 Å². The normalized spacial score (nSPS) is 11.1. The number of amides is 2. The number of carbonyl (C=O) groups excluding carboxylic acids is 2. The fourth-order valence-electron chi connectivity index (χ4n) is 2.35. The third-order valence-electron chi connectivity index (χ3n) is 3.56. The van der Waals surface area contributed by atoms with E-state index in [1.807, 2.05) is 58.0 Å². The maximum Gasteiger partial charge on any atom is 0.407 e. The second kappa shape index (κ2) is 8.51. The molecule has 0 saturated carbocycles. The smallest absolute Gasteiger partial charge is 0.407 e. The quantitative estimate of drug-likeness (QED) is 0.778. The van der Waals surface area contributed by atoms with E-state index in [2.05, 4.69) is 15.7 Å². The lowest BCUT2D eigenvalue weighted by molar-refractivity contribution is 0.0527. The molecular formula is C19H26N4O3. The summed E-state index contributed by atoms with van der Waals surface area (Å²) >= 11 is 0. The highest BCUT2D eigenvalue weighted by molar-refractivity contribution is 5.95. The second-order valence-corrected chi connectivity index (χ2v) is 6.93. The molecule has 0 saturated heterocycles. The summed E-state index contributed by atoms with van der Waals surface area (Å²) in [6.07, 6.45) is 1.72. The summed E-state index contributed by atoms with van der Waals surface area (Å²) in [7, 11) is 0. The Bertz CT molecular complexity index is 748. The van der Waals surface area contributed by atoms with Crippen LogP contribution in [-0.2, 0) is 4.74 Å². The number of nitrogens with zero attached hydrogens (tertiary/aromatic N) is 2. The number of hydrogen-bond donors (Lipinski definition) is 2. The van der Waals surface area contributed by atoms with Gasteiger partial charge in [0.15, 0.2) is 0 Å². The largest absolute Gasteiger partial charge is 0.444 e. The maximum absolute atomic E-state index is 12.3. The molecule has 0 unspecified atom stereocenters. The molecule has 1 aromatic carbocycles. The molecule has 1 heterocycles. The summed E-state index contributed by atoms with van der Waals surface area (Å²) in [5, 5.41) is 9.79. The molecule has 0 bridgehead atoms. The number of ether oxygens (including phenoxy) is 1. The summed E-state index contributed by atoms with van der Waals surface area (Å²) in [5.74, 6) is -0.179. The Hall–Kier alpha value is -2.83. The van der Waals surface area contributed by atoms with Crippen molar-refractivity contribution in [2.45, 2.75) is 39.7 Å². The Morgan fingerprint density at radius 1 is 1.12 bits per heavy atom. The zero-order valence-electron chi connectivity index (χ0n) is 15.7. The van der Waals surface area contributed by atoms with E-state index < -0.39 is 11.7 Å². The Labute approximate surface area is 153 Å². The van der Waals surface area contributed by atoms with Crippen molar-refractivity contribution in [3.63, 3.8) is 0 Å². The van der Waals surface area contributed by atoms with Gasteiger partial charge in [0.2, 0.25) is 0 Å². The summed E-state index contributed by atoms with van der Waals surface area (Å²) in [6.45, 7) is 8.17. The van der Waals surface area contributed by atoms with E-state index >= 15 is 0 Å². The lowest BCUT2D eigenvalue weighted by atomic mass is 10.2. The predicted octanol–water partition coefficient (Wildman–Crippen LogP) is 2.83. The van der Waals surface area contributed by atoms with Gasteiger partial charge in [0.25, 0.3) is 5.91 Å². The van der Waals surface area contributed by atoms with Crippen molar-refractivity contribution in [2.75, 3.05) is 13.1 Å². The van der Waals surface area contributed by atoms with E-state index in [-0.39, 0.29) is 5.91 Å². The average Bonchev–Trinajstić information content (AvgIpc) is 2.95. The van der Waals surface area contributed by atoms with Gasteiger partial charge < -0.3 is 15.4 Å². The van der Waals surface area contributed by atoms with Crippen LogP contribution in [0.15, 0.2) is 36.5 Å². The Kier molecular flexibility index (Phi) is 6.38. The number of hydrogen-bond acceptors (Lipinski definition) is 4. The molecule has 2 amide bonds. The van der Waals surface area contributed by atoms with Crippen molar-refractivity contribution >= 4 is 12.0 Å². The van der Waals surface area contributed by atoms with E-state index in [1.54, 1.807) is 10.9 Å². The third kappa shape index (κ3) is 5.61. The first kappa shape index (κ1) is 19.5. The summed E-state index contributed by atoms with van der Waals surface area (Å²) < 4.78 is 6.88. The van der Waals surface area contributed by atoms with Crippen molar-refractivity contribution in [3.8, 4) is 5.69 Å². The minimum absolute atomic E-state index is 0.179. The Morgan fingerprint density at radius 3 is 2.42 bits per heavy atom. The second-order valence-electron chi connectivity index (χ2n) is 6.93. The standard InChI is InChI=1S/C19H26N4O3/c1-14-16(13-22-23(14)15-9-6-5-7-10-15)17(24)20-11-8-12-21-18(25)26-19(2,3)4/h5-7,9-10,13H,8,11-12H2,1-4H3,(H,20,24)(H,21,25). The average molecular weight is 358 g/mol. The van der Waals surface area contributed by atoms with Crippen LogP contribution in [0.3, 0.4) is 0 Å². The van der Waals surface area contributed by atoms with Gasteiger partial charge in [0.05, 0.1) is 23.1 Å². The molecule has 140 valence electrons. The van der Waals surface area contributed by atoms with E-state index in [9.17, 15) is 9.59 Å². The van der Waals surface area contributed by atoms with E-state index in [1.165, 1.54) is 0 Å². The number of aromatic nitrogens is 2. The SMILES string of the molecule is Cc1c(C(=O)NCCCNC(=O)OC(C)(C)C)cnn1-c1ccccc1.